The second-order valence-electron chi connectivity index (χ2n) is 11.7. The first-order chi connectivity index (χ1) is 22.8. The number of anilines is 3. The lowest BCUT2D eigenvalue weighted by molar-refractivity contribution is 0.654. The predicted octanol–water partition coefficient (Wildman–Crippen LogP) is 12.1. The summed E-state index contributed by atoms with van der Waals surface area (Å²) >= 11 is 0. The second-order valence-corrected chi connectivity index (χ2v) is 11.7. The summed E-state index contributed by atoms with van der Waals surface area (Å²) < 4.78 is 6.26. The zero-order valence-electron chi connectivity index (χ0n) is 25.0. The average Bonchev–Trinajstić information content (AvgIpc) is 3.48. The smallest absolute Gasteiger partial charge is 0.227 e. The monoisotopic (exact) mass is 588 g/mol. The number of benzene rings is 7. The normalized spacial score (nSPS) is 11.5. The molecule has 3 heteroatoms. The number of rotatable bonds is 5. The van der Waals surface area contributed by atoms with Crippen LogP contribution in [0.2, 0.25) is 0 Å². The van der Waals surface area contributed by atoms with Gasteiger partial charge in [0.25, 0.3) is 0 Å². The van der Waals surface area contributed by atoms with Gasteiger partial charge in [-0.25, -0.2) is 4.98 Å². The lowest BCUT2D eigenvalue weighted by Gasteiger charge is -2.26. The highest BCUT2D eigenvalue weighted by Crippen LogP contribution is 2.41. The van der Waals surface area contributed by atoms with Crippen molar-refractivity contribution in [3.05, 3.63) is 170 Å². The van der Waals surface area contributed by atoms with Gasteiger partial charge in [-0.05, 0) is 86.3 Å². The third-order valence-electron chi connectivity index (χ3n) is 8.88. The van der Waals surface area contributed by atoms with E-state index in [4.69, 9.17) is 9.40 Å². The molecule has 0 aliphatic rings. The third kappa shape index (κ3) is 4.49. The number of hydrogen-bond acceptors (Lipinski definition) is 3. The van der Waals surface area contributed by atoms with Gasteiger partial charge in [-0.3, -0.25) is 0 Å². The largest absolute Gasteiger partial charge is 0.438 e. The summed E-state index contributed by atoms with van der Waals surface area (Å²) in [5.74, 6) is 0. The second kappa shape index (κ2) is 10.8. The van der Waals surface area contributed by atoms with Crippen molar-refractivity contribution in [3.63, 3.8) is 0 Å². The molecule has 0 unspecified atom stereocenters. The van der Waals surface area contributed by atoms with Crippen molar-refractivity contribution < 1.29 is 4.42 Å². The molecule has 0 bridgehead atoms. The van der Waals surface area contributed by atoms with Crippen LogP contribution in [-0.2, 0) is 0 Å². The van der Waals surface area contributed by atoms with Crippen LogP contribution in [0.4, 0.5) is 17.1 Å². The SMILES string of the molecule is c1ccc(-c2ccc(N(c3cccc(-c4cccc5ccccc45)c3)c3cnc4oc5cc6ccccc6cc5c4c3)cc2)cc1. The molecule has 0 saturated carbocycles. The van der Waals surface area contributed by atoms with Crippen LogP contribution in [0.5, 0.6) is 0 Å². The summed E-state index contributed by atoms with van der Waals surface area (Å²) in [5, 5.41) is 6.86. The zero-order chi connectivity index (χ0) is 30.5. The van der Waals surface area contributed by atoms with Crippen LogP contribution in [0.1, 0.15) is 0 Å². The Bertz CT molecular complexity index is 2530. The number of hydrogen-bond donors (Lipinski definition) is 0. The maximum Gasteiger partial charge on any atom is 0.227 e. The van der Waals surface area contributed by atoms with Crippen molar-refractivity contribution in [2.45, 2.75) is 0 Å². The average molecular weight is 589 g/mol. The summed E-state index contributed by atoms with van der Waals surface area (Å²) in [4.78, 5) is 7.15. The third-order valence-corrected chi connectivity index (χ3v) is 8.88. The van der Waals surface area contributed by atoms with Gasteiger partial charge in [0.15, 0.2) is 0 Å². The minimum absolute atomic E-state index is 0.637. The zero-order valence-corrected chi connectivity index (χ0v) is 25.0. The van der Waals surface area contributed by atoms with Gasteiger partial charge in [0.2, 0.25) is 5.71 Å². The van der Waals surface area contributed by atoms with Gasteiger partial charge < -0.3 is 9.32 Å². The highest BCUT2D eigenvalue weighted by atomic mass is 16.3. The van der Waals surface area contributed by atoms with Crippen LogP contribution in [0.25, 0.3) is 65.9 Å². The molecule has 0 amide bonds. The van der Waals surface area contributed by atoms with E-state index in [0.717, 1.165) is 44.4 Å². The molecule has 0 atom stereocenters. The highest BCUT2D eigenvalue weighted by molar-refractivity contribution is 6.10. The minimum atomic E-state index is 0.637. The molecular weight excluding hydrogens is 560 g/mol. The van der Waals surface area contributed by atoms with Crippen LogP contribution in [0, 0.1) is 0 Å². The van der Waals surface area contributed by atoms with Gasteiger partial charge in [-0.1, -0.05) is 121 Å². The van der Waals surface area contributed by atoms with Crippen molar-refractivity contribution in [2.24, 2.45) is 0 Å². The predicted molar refractivity (Wildman–Crippen MR) is 192 cm³/mol. The Hall–Kier alpha value is -6.19. The Kier molecular flexibility index (Phi) is 6.14. The van der Waals surface area contributed by atoms with Gasteiger partial charge in [0, 0.05) is 16.8 Å². The van der Waals surface area contributed by atoms with E-state index >= 15 is 0 Å². The highest BCUT2D eigenvalue weighted by Gasteiger charge is 2.18. The van der Waals surface area contributed by atoms with E-state index in [-0.39, 0.29) is 0 Å². The number of nitrogens with zero attached hydrogens (tertiary/aromatic N) is 2. The molecule has 2 heterocycles. The van der Waals surface area contributed by atoms with Crippen molar-refractivity contribution >= 4 is 60.7 Å². The molecule has 0 aliphatic carbocycles. The molecule has 0 spiro atoms. The van der Waals surface area contributed by atoms with Crippen molar-refractivity contribution in [1.82, 2.24) is 4.98 Å². The fraction of sp³-hybridized carbons (Fsp3) is 0. The molecule has 9 rings (SSSR count). The maximum absolute atomic E-state index is 6.26. The maximum atomic E-state index is 6.26. The molecule has 0 saturated heterocycles. The molecule has 216 valence electrons. The molecule has 0 radical (unpaired) electrons. The fourth-order valence-electron chi connectivity index (χ4n) is 6.63. The first-order valence-electron chi connectivity index (χ1n) is 15.5. The number of fused-ring (bicyclic) bond motifs is 5. The van der Waals surface area contributed by atoms with Crippen LogP contribution < -0.4 is 4.90 Å². The molecule has 0 fully saturated rings. The van der Waals surface area contributed by atoms with Crippen LogP contribution in [0.3, 0.4) is 0 Å². The summed E-state index contributed by atoms with van der Waals surface area (Å²) in [6.07, 6.45) is 1.92. The standard InChI is InChI=1S/C43H28N2O/c1-2-10-29(11-3-1)30-20-22-35(23-21-30)45(36-17-8-16-34(24-36)39-19-9-15-31-12-6-7-18-38(31)39)37-27-41-40-25-32-13-4-5-14-33(32)26-42(40)46-43(41)44-28-37/h1-28H. The number of furan rings is 1. The van der Waals surface area contributed by atoms with Crippen LogP contribution in [0.15, 0.2) is 174 Å². The van der Waals surface area contributed by atoms with E-state index in [1.54, 1.807) is 0 Å². The summed E-state index contributed by atoms with van der Waals surface area (Å²) in [6.45, 7) is 0. The number of pyridine rings is 1. The van der Waals surface area contributed by atoms with Gasteiger partial charge >= 0.3 is 0 Å². The lowest BCUT2D eigenvalue weighted by atomic mass is 9.97. The quantitative estimate of drug-likeness (QED) is 0.200. The minimum Gasteiger partial charge on any atom is -0.438 e. The van der Waals surface area contributed by atoms with E-state index < -0.39 is 0 Å². The first-order valence-corrected chi connectivity index (χ1v) is 15.5. The Morgan fingerprint density at radius 3 is 1.93 bits per heavy atom. The Labute approximate surface area is 266 Å². The van der Waals surface area contributed by atoms with Crippen LogP contribution >= 0.6 is 0 Å². The number of aromatic nitrogens is 1. The topological polar surface area (TPSA) is 29.3 Å². The summed E-state index contributed by atoms with van der Waals surface area (Å²) in [5.41, 5.74) is 9.29. The van der Waals surface area contributed by atoms with Crippen molar-refractivity contribution in [1.29, 1.82) is 0 Å². The molecule has 46 heavy (non-hydrogen) atoms. The molecule has 0 N–H and O–H groups in total. The summed E-state index contributed by atoms with van der Waals surface area (Å²) in [7, 11) is 0. The van der Waals surface area contributed by atoms with E-state index in [0.29, 0.717) is 5.71 Å². The molecule has 9 aromatic rings. The van der Waals surface area contributed by atoms with Crippen molar-refractivity contribution in [2.75, 3.05) is 4.90 Å². The Morgan fingerprint density at radius 1 is 0.413 bits per heavy atom. The van der Waals surface area contributed by atoms with E-state index in [2.05, 4.69) is 163 Å². The van der Waals surface area contributed by atoms with Crippen molar-refractivity contribution in [3.8, 4) is 22.3 Å². The van der Waals surface area contributed by atoms with Gasteiger partial charge in [-0.15, -0.1) is 0 Å². The van der Waals surface area contributed by atoms with Gasteiger partial charge in [-0.2, -0.15) is 0 Å². The van der Waals surface area contributed by atoms with Crippen LogP contribution in [-0.4, -0.2) is 4.98 Å². The lowest BCUT2D eigenvalue weighted by Crippen LogP contribution is -2.10. The van der Waals surface area contributed by atoms with E-state index in [1.807, 2.05) is 12.3 Å². The Balaban J connectivity index is 1.23. The molecule has 3 nitrogen and oxygen atoms in total. The summed E-state index contributed by atoms with van der Waals surface area (Å²) in [6, 6.07) is 58.0. The first kappa shape index (κ1) is 26.2. The van der Waals surface area contributed by atoms with E-state index in [9.17, 15) is 0 Å². The molecule has 2 aromatic heterocycles. The van der Waals surface area contributed by atoms with Gasteiger partial charge in [0.05, 0.1) is 17.3 Å². The Morgan fingerprint density at radius 2 is 1.09 bits per heavy atom. The fourth-order valence-corrected chi connectivity index (χ4v) is 6.63. The molecular formula is C43H28N2O. The molecule has 7 aromatic carbocycles. The van der Waals surface area contributed by atoms with Gasteiger partial charge in [0.1, 0.15) is 5.58 Å². The molecule has 0 aliphatic heterocycles. The van der Waals surface area contributed by atoms with E-state index in [1.165, 1.54) is 32.8 Å².